The topological polar surface area (TPSA) is 66.5 Å². The van der Waals surface area contributed by atoms with Gasteiger partial charge in [0.2, 0.25) is 5.91 Å². The SMILES string of the molecule is O=C1CNC(c2ccccc2)N1CC1CCS(=O)(=O)C1. The molecule has 0 aliphatic carbocycles. The number of benzene rings is 1. The Morgan fingerprint density at radius 2 is 2.00 bits per heavy atom. The van der Waals surface area contributed by atoms with Crippen molar-refractivity contribution in [3.05, 3.63) is 35.9 Å². The number of carbonyl (C=O) groups is 1. The van der Waals surface area contributed by atoms with Crippen molar-refractivity contribution >= 4 is 15.7 Å². The standard InChI is InChI=1S/C14H18N2O3S/c17-13-8-15-14(12-4-2-1-3-5-12)16(13)9-11-6-7-20(18,19)10-11/h1-5,11,14-15H,6-10H2. The van der Waals surface area contributed by atoms with Crippen LogP contribution in [0.1, 0.15) is 18.2 Å². The fourth-order valence-electron chi connectivity index (χ4n) is 2.97. The molecule has 2 unspecified atom stereocenters. The van der Waals surface area contributed by atoms with Gasteiger partial charge in [-0.25, -0.2) is 8.42 Å². The molecule has 2 aliphatic heterocycles. The maximum absolute atomic E-state index is 12.0. The number of sulfone groups is 1. The lowest BCUT2D eigenvalue weighted by atomic mass is 10.1. The molecule has 0 saturated carbocycles. The monoisotopic (exact) mass is 294 g/mol. The first kappa shape index (κ1) is 13.6. The number of hydrogen-bond acceptors (Lipinski definition) is 4. The lowest BCUT2D eigenvalue weighted by molar-refractivity contribution is -0.128. The number of hydrogen-bond donors (Lipinski definition) is 1. The van der Waals surface area contributed by atoms with Crippen LogP contribution in [0.15, 0.2) is 30.3 Å². The van der Waals surface area contributed by atoms with Gasteiger partial charge in [0.05, 0.1) is 18.1 Å². The molecule has 20 heavy (non-hydrogen) atoms. The summed E-state index contributed by atoms with van der Waals surface area (Å²) in [5.41, 5.74) is 1.04. The van der Waals surface area contributed by atoms with E-state index < -0.39 is 9.84 Å². The quantitative estimate of drug-likeness (QED) is 0.884. The summed E-state index contributed by atoms with van der Waals surface area (Å²) in [4.78, 5) is 13.8. The van der Waals surface area contributed by atoms with Crippen LogP contribution >= 0.6 is 0 Å². The predicted molar refractivity (Wildman–Crippen MR) is 75.7 cm³/mol. The molecule has 2 saturated heterocycles. The highest BCUT2D eigenvalue weighted by molar-refractivity contribution is 7.91. The molecule has 1 N–H and O–H groups in total. The summed E-state index contributed by atoms with van der Waals surface area (Å²) in [5.74, 6) is 0.569. The van der Waals surface area contributed by atoms with Gasteiger partial charge in [-0.1, -0.05) is 30.3 Å². The molecule has 2 aliphatic rings. The highest BCUT2D eigenvalue weighted by Gasteiger charge is 2.36. The van der Waals surface area contributed by atoms with Gasteiger partial charge in [0.25, 0.3) is 0 Å². The van der Waals surface area contributed by atoms with Gasteiger partial charge in [0, 0.05) is 6.54 Å². The van der Waals surface area contributed by atoms with E-state index in [2.05, 4.69) is 5.32 Å². The summed E-state index contributed by atoms with van der Waals surface area (Å²) in [6.07, 6.45) is 0.528. The molecule has 5 nitrogen and oxygen atoms in total. The predicted octanol–water partition coefficient (Wildman–Crippen LogP) is 0.552. The molecule has 0 aromatic heterocycles. The van der Waals surface area contributed by atoms with Gasteiger partial charge >= 0.3 is 0 Å². The van der Waals surface area contributed by atoms with E-state index >= 15 is 0 Å². The fourth-order valence-corrected chi connectivity index (χ4v) is 4.82. The maximum atomic E-state index is 12.0. The Morgan fingerprint density at radius 3 is 2.65 bits per heavy atom. The molecule has 1 aromatic rings. The van der Waals surface area contributed by atoms with Crippen molar-refractivity contribution in [3.8, 4) is 0 Å². The third kappa shape index (κ3) is 2.71. The van der Waals surface area contributed by atoms with E-state index in [1.54, 1.807) is 4.90 Å². The molecular weight excluding hydrogens is 276 g/mol. The Balaban J connectivity index is 1.75. The molecule has 0 bridgehead atoms. The van der Waals surface area contributed by atoms with Gasteiger partial charge in [-0.2, -0.15) is 0 Å². The summed E-state index contributed by atoms with van der Waals surface area (Å²) < 4.78 is 23.1. The summed E-state index contributed by atoms with van der Waals surface area (Å²) in [6.45, 7) is 0.837. The van der Waals surface area contributed by atoms with E-state index in [4.69, 9.17) is 0 Å². The average Bonchev–Trinajstić information content (AvgIpc) is 2.95. The van der Waals surface area contributed by atoms with Crippen molar-refractivity contribution in [3.63, 3.8) is 0 Å². The Hall–Kier alpha value is -1.40. The summed E-state index contributed by atoms with van der Waals surface area (Å²) in [5, 5.41) is 3.19. The van der Waals surface area contributed by atoms with Crippen LogP contribution < -0.4 is 5.32 Å². The largest absolute Gasteiger partial charge is 0.322 e. The van der Waals surface area contributed by atoms with E-state index in [-0.39, 0.29) is 29.5 Å². The van der Waals surface area contributed by atoms with Gasteiger partial charge in [0.1, 0.15) is 6.17 Å². The summed E-state index contributed by atoms with van der Waals surface area (Å²) in [7, 11) is -2.90. The van der Waals surface area contributed by atoms with Gasteiger partial charge in [-0.15, -0.1) is 0 Å². The summed E-state index contributed by atoms with van der Waals surface area (Å²) >= 11 is 0. The van der Waals surface area contributed by atoms with Crippen LogP contribution in [0, 0.1) is 5.92 Å². The van der Waals surface area contributed by atoms with Crippen molar-refractivity contribution in [1.29, 1.82) is 0 Å². The van der Waals surface area contributed by atoms with E-state index in [0.29, 0.717) is 19.5 Å². The van der Waals surface area contributed by atoms with Gasteiger partial charge < -0.3 is 4.90 Å². The highest BCUT2D eigenvalue weighted by atomic mass is 32.2. The van der Waals surface area contributed by atoms with Crippen molar-refractivity contribution in [1.82, 2.24) is 10.2 Å². The van der Waals surface area contributed by atoms with Gasteiger partial charge in [-0.05, 0) is 17.9 Å². The Morgan fingerprint density at radius 1 is 1.25 bits per heavy atom. The zero-order valence-corrected chi connectivity index (χ0v) is 12.0. The number of nitrogens with zero attached hydrogens (tertiary/aromatic N) is 1. The Kier molecular flexibility index (Phi) is 3.52. The normalized spacial score (nSPS) is 29.0. The molecule has 108 valence electrons. The molecule has 0 radical (unpaired) electrons. The van der Waals surface area contributed by atoms with E-state index in [9.17, 15) is 13.2 Å². The Bertz CT molecular complexity index is 600. The van der Waals surface area contributed by atoms with Crippen molar-refractivity contribution in [2.45, 2.75) is 12.6 Å². The minimum absolute atomic E-state index is 0.0446. The molecule has 2 fully saturated rings. The number of rotatable bonds is 3. The van der Waals surface area contributed by atoms with Crippen molar-refractivity contribution < 1.29 is 13.2 Å². The number of nitrogens with one attached hydrogen (secondary N) is 1. The molecule has 0 spiro atoms. The van der Waals surface area contributed by atoms with Crippen LogP contribution in [0.25, 0.3) is 0 Å². The third-order valence-electron chi connectivity index (χ3n) is 3.98. The molecule has 1 aromatic carbocycles. The fraction of sp³-hybridized carbons (Fsp3) is 0.500. The average molecular weight is 294 g/mol. The van der Waals surface area contributed by atoms with Crippen LogP contribution in [-0.4, -0.2) is 43.8 Å². The summed E-state index contributed by atoms with van der Waals surface area (Å²) in [6, 6.07) is 9.79. The third-order valence-corrected chi connectivity index (χ3v) is 5.81. The molecule has 2 atom stereocenters. The molecule has 2 heterocycles. The number of amides is 1. The minimum Gasteiger partial charge on any atom is -0.322 e. The van der Waals surface area contributed by atoms with E-state index in [0.717, 1.165) is 5.56 Å². The van der Waals surface area contributed by atoms with Crippen LogP contribution in [0.2, 0.25) is 0 Å². The van der Waals surface area contributed by atoms with E-state index in [1.807, 2.05) is 30.3 Å². The van der Waals surface area contributed by atoms with Gasteiger partial charge in [-0.3, -0.25) is 10.1 Å². The smallest absolute Gasteiger partial charge is 0.238 e. The first-order valence-electron chi connectivity index (χ1n) is 6.83. The van der Waals surface area contributed by atoms with Crippen molar-refractivity contribution in [2.75, 3.05) is 24.6 Å². The lowest BCUT2D eigenvalue weighted by Gasteiger charge is -2.27. The zero-order chi connectivity index (χ0) is 14.2. The maximum Gasteiger partial charge on any atom is 0.238 e. The van der Waals surface area contributed by atoms with Crippen LogP contribution in [0.4, 0.5) is 0 Å². The molecule has 3 rings (SSSR count). The first-order valence-corrected chi connectivity index (χ1v) is 8.65. The van der Waals surface area contributed by atoms with E-state index in [1.165, 1.54) is 0 Å². The minimum atomic E-state index is -2.90. The number of carbonyl (C=O) groups excluding carboxylic acids is 1. The first-order chi connectivity index (χ1) is 9.55. The van der Waals surface area contributed by atoms with Crippen molar-refractivity contribution in [2.24, 2.45) is 5.92 Å². The molecule has 6 heteroatoms. The molecular formula is C14H18N2O3S. The molecule has 1 amide bonds. The van der Waals surface area contributed by atoms with Crippen LogP contribution in [-0.2, 0) is 14.6 Å². The van der Waals surface area contributed by atoms with Gasteiger partial charge in [0.15, 0.2) is 9.84 Å². The van der Waals surface area contributed by atoms with Crippen LogP contribution in [0.5, 0.6) is 0 Å². The highest BCUT2D eigenvalue weighted by Crippen LogP contribution is 2.27. The zero-order valence-electron chi connectivity index (χ0n) is 11.2. The second-order valence-electron chi connectivity index (χ2n) is 5.51. The second-order valence-corrected chi connectivity index (χ2v) is 7.74. The van der Waals surface area contributed by atoms with Crippen LogP contribution in [0.3, 0.4) is 0 Å². The Labute approximate surface area is 118 Å². The second kappa shape index (κ2) is 5.18. The lowest BCUT2D eigenvalue weighted by Crippen LogP contribution is -2.35.